The van der Waals surface area contributed by atoms with Crippen LogP contribution in [-0.4, -0.2) is 42.7 Å². The molecule has 2 aliphatic rings. The number of rotatable bonds is 9. The predicted molar refractivity (Wildman–Crippen MR) is 151 cm³/mol. The number of aromatic nitrogens is 4. The molecule has 2 aromatic heterocycles. The number of aryl methyl sites for hydroxylation is 4. The van der Waals surface area contributed by atoms with E-state index in [-0.39, 0.29) is 41.6 Å². The van der Waals surface area contributed by atoms with Gasteiger partial charge in [0.2, 0.25) is 5.91 Å². The molecule has 0 saturated heterocycles. The summed E-state index contributed by atoms with van der Waals surface area (Å²) in [6.45, 7) is 7.99. The molecule has 9 nitrogen and oxygen atoms in total. The van der Waals surface area contributed by atoms with Crippen LogP contribution < -0.4 is 5.32 Å². The average molecular weight is 546 g/mol. The molecule has 1 saturated carbocycles. The summed E-state index contributed by atoms with van der Waals surface area (Å²) in [5.41, 5.74) is 5.47. The van der Waals surface area contributed by atoms with Crippen LogP contribution in [0.2, 0.25) is 0 Å². The van der Waals surface area contributed by atoms with Crippen molar-refractivity contribution < 1.29 is 19.4 Å². The van der Waals surface area contributed by atoms with Gasteiger partial charge < -0.3 is 15.2 Å². The monoisotopic (exact) mass is 545 g/mol. The highest BCUT2D eigenvalue weighted by Crippen LogP contribution is 2.40. The molecule has 5 rings (SSSR count). The summed E-state index contributed by atoms with van der Waals surface area (Å²) in [6, 6.07) is 8.29. The van der Waals surface area contributed by atoms with Gasteiger partial charge in [0.25, 0.3) is 5.78 Å². The second-order valence-electron chi connectivity index (χ2n) is 11.2. The van der Waals surface area contributed by atoms with Crippen LogP contribution in [0.4, 0.5) is 0 Å². The van der Waals surface area contributed by atoms with E-state index >= 15 is 0 Å². The number of fused-ring (bicyclic) bond motifs is 1. The minimum Gasteiger partial charge on any atom is -0.511 e. The molecule has 1 aromatic carbocycles. The average Bonchev–Trinajstić information content (AvgIpc) is 3.59. The number of hydrogen-bond acceptors (Lipinski definition) is 7. The number of aliphatic hydroxyl groups is 1. The summed E-state index contributed by atoms with van der Waals surface area (Å²) in [7, 11) is 0. The molecule has 2 atom stereocenters. The number of cyclic esters (lactones) is 1. The minimum atomic E-state index is -0.471. The summed E-state index contributed by atoms with van der Waals surface area (Å²) >= 11 is 0. The second-order valence-corrected chi connectivity index (χ2v) is 11.2. The third-order valence-corrected chi connectivity index (χ3v) is 8.33. The number of benzene rings is 1. The molecule has 2 unspecified atom stereocenters. The van der Waals surface area contributed by atoms with E-state index in [1.54, 1.807) is 4.52 Å². The van der Waals surface area contributed by atoms with Crippen molar-refractivity contribution >= 4 is 17.7 Å². The highest BCUT2D eigenvalue weighted by molar-refractivity contribution is 5.90. The van der Waals surface area contributed by atoms with Gasteiger partial charge in [-0.05, 0) is 74.6 Å². The summed E-state index contributed by atoms with van der Waals surface area (Å²) in [4.78, 5) is 33.6. The normalized spacial score (nSPS) is 19.9. The van der Waals surface area contributed by atoms with Gasteiger partial charge in [-0.2, -0.15) is 4.98 Å². The highest BCUT2D eigenvalue weighted by atomic mass is 16.5. The molecule has 0 spiro atoms. The molecule has 3 heterocycles. The van der Waals surface area contributed by atoms with Gasteiger partial charge in [-0.15, -0.1) is 5.10 Å². The van der Waals surface area contributed by atoms with Gasteiger partial charge in [0.05, 0.1) is 11.5 Å². The van der Waals surface area contributed by atoms with E-state index in [4.69, 9.17) is 4.74 Å². The number of amides is 1. The Morgan fingerprint density at radius 3 is 2.65 bits per heavy atom. The molecule has 9 heteroatoms. The van der Waals surface area contributed by atoms with Gasteiger partial charge in [-0.25, -0.2) is 14.3 Å². The fraction of sp³-hybridized carbons (Fsp3) is 0.516. The number of ether oxygens (including phenoxy) is 1. The standard InChI is InChI=1S/C31H39N5O4/c1-5-22-15-21(10-12-24(22)17-32-20(4)37)11-13-25-28(38)26(30(39)40-29(25)23-8-6-7-9-23)16-27-34-31-33-18(2)14-19(3)36(31)35-27/h10,12,14-15,23,25,29,38H,5-9,11,13,16-17H2,1-4H3,(H,32,37). The predicted octanol–water partition coefficient (Wildman–Crippen LogP) is 4.66. The van der Waals surface area contributed by atoms with Crippen molar-refractivity contribution in [2.75, 3.05) is 0 Å². The van der Waals surface area contributed by atoms with E-state index in [2.05, 4.69) is 45.5 Å². The summed E-state index contributed by atoms with van der Waals surface area (Å²) in [5, 5.41) is 19.0. The van der Waals surface area contributed by atoms with Gasteiger partial charge in [-0.3, -0.25) is 4.79 Å². The lowest BCUT2D eigenvalue weighted by Crippen LogP contribution is -2.40. The number of carbonyl (C=O) groups excluding carboxylic acids is 2. The summed E-state index contributed by atoms with van der Waals surface area (Å²) in [5.74, 6) is 0.484. The van der Waals surface area contributed by atoms with Crippen LogP contribution in [0.3, 0.4) is 0 Å². The Labute approximate surface area is 235 Å². The summed E-state index contributed by atoms with van der Waals surface area (Å²) < 4.78 is 7.75. The molecule has 1 aliphatic carbocycles. The molecule has 2 N–H and O–H groups in total. The van der Waals surface area contributed by atoms with E-state index in [1.165, 1.54) is 18.1 Å². The molecule has 0 bridgehead atoms. The second kappa shape index (κ2) is 11.8. The molecule has 1 aliphatic heterocycles. The molecule has 212 valence electrons. The quantitative estimate of drug-likeness (QED) is 0.376. The van der Waals surface area contributed by atoms with E-state index in [9.17, 15) is 14.7 Å². The van der Waals surface area contributed by atoms with E-state index in [0.717, 1.165) is 55.5 Å². The Kier molecular flexibility index (Phi) is 8.19. The first-order valence-corrected chi connectivity index (χ1v) is 14.4. The minimum absolute atomic E-state index is 0.0469. The topological polar surface area (TPSA) is 119 Å². The van der Waals surface area contributed by atoms with Crippen molar-refractivity contribution in [1.82, 2.24) is 24.9 Å². The van der Waals surface area contributed by atoms with Crippen molar-refractivity contribution in [3.63, 3.8) is 0 Å². The van der Waals surface area contributed by atoms with Gasteiger partial charge in [0.1, 0.15) is 11.9 Å². The zero-order chi connectivity index (χ0) is 28.4. The Morgan fingerprint density at radius 1 is 1.15 bits per heavy atom. The number of aliphatic hydroxyl groups excluding tert-OH is 1. The molecule has 0 radical (unpaired) electrons. The van der Waals surface area contributed by atoms with Gasteiger partial charge >= 0.3 is 5.97 Å². The largest absolute Gasteiger partial charge is 0.511 e. The third-order valence-electron chi connectivity index (χ3n) is 8.33. The molecular weight excluding hydrogens is 506 g/mol. The Balaban J connectivity index is 1.40. The fourth-order valence-corrected chi connectivity index (χ4v) is 6.25. The molecule has 40 heavy (non-hydrogen) atoms. The smallest absolute Gasteiger partial charge is 0.338 e. The Hall–Kier alpha value is -3.75. The van der Waals surface area contributed by atoms with Crippen LogP contribution >= 0.6 is 0 Å². The number of hydrogen-bond donors (Lipinski definition) is 2. The van der Waals surface area contributed by atoms with Crippen LogP contribution in [0.1, 0.15) is 79.9 Å². The van der Waals surface area contributed by atoms with Crippen LogP contribution in [0, 0.1) is 25.7 Å². The highest BCUT2D eigenvalue weighted by Gasteiger charge is 2.42. The first-order chi connectivity index (χ1) is 19.2. The molecule has 3 aromatic rings. The number of esters is 1. The third kappa shape index (κ3) is 5.88. The number of nitrogens with zero attached hydrogens (tertiary/aromatic N) is 4. The van der Waals surface area contributed by atoms with Crippen LogP contribution in [0.25, 0.3) is 5.78 Å². The van der Waals surface area contributed by atoms with E-state index < -0.39 is 5.97 Å². The lowest BCUT2D eigenvalue weighted by atomic mass is 9.81. The fourth-order valence-electron chi connectivity index (χ4n) is 6.25. The van der Waals surface area contributed by atoms with Crippen LogP contribution in [0.15, 0.2) is 35.6 Å². The van der Waals surface area contributed by atoms with Crippen molar-refractivity contribution in [2.45, 2.75) is 91.7 Å². The molecule has 1 fully saturated rings. The van der Waals surface area contributed by atoms with E-state index in [0.29, 0.717) is 24.6 Å². The SMILES string of the molecule is CCc1cc(CCC2C(O)=C(Cc3nc4nc(C)cc(C)n4n3)C(=O)OC2C2CCCC2)ccc1CNC(C)=O. The van der Waals surface area contributed by atoms with E-state index in [1.807, 2.05) is 19.9 Å². The maximum atomic E-state index is 13.2. The first-order valence-electron chi connectivity index (χ1n) is 14.4. The lowest BCUT2D eigenvalue weighted by molar-refractivity contribution is -0.154. The van der Waals surface area contributed by atoms with Gasteiger partial charge in [0.15, 0.2) is 5.82 Å². The number of carbonyl (C=O) groups is 2. The Bertz CT molecular complexity index is 1450. The van der Waals surface area contributed by atoms with Crippen molar-refractivity contribution in [1.29, 1.82) is 0 Å². The zero-order valence-electron chi connectivity index (χ0n) is 23.9. The van der Waals surface area contributed by atoms with Crippen LogP contribution in [0.5, 0.6) is 0 Å². The van der Waals surface area contributed by atoms with Crippen molar-refractivity contribution in [3.05, 3.63) is 69.5 Å². The maximum absolute atomic E-state index is 13.2. The zero-order valence-corrected chi connectivity index (χ0v) is 23.9. The lowest BCUT2D eigenvalue weighted by Gasteiger charge is -2.35. The first kappa shape index (κ1) is 27.8. The van der Waals surface area contributed by atoms with Crippen molar-refractivity contribution in [3.8, 4) is 0 Å². The molecule has 1 amide bonds. The Morgan fingerprint density at radius 2 is 1.93 bits per heavy atom. The van der Waals surface area contributed by atoms with Crippen molar-refractivity contribution in [2.24, 2.45) is 11.8 Å². The van der Waals surface area contributed by atoms with Crippen LogP contribution in [-0.2, 0) is 40.1 Å². The maximum Gasteiger partial charge on any atom is 0.338 e. The van der Waals surface area contributed by atoms with Gasteiger partial charge in [-0.1, -0.05) is 38.0 Å². The molecular formula is C31H39N5O4. The number of nitrogens with one attached hydrogen (secondary N) is 1. The summed E-state index contributed by atoms with van der Waals surface area (Å²) in [6.07, 6.45) is 6.29. The van der Waals surface area contributed by atoms with Gasteiger partial charge in [0, 0.05) is 31.3 Å².